The van der Waals surface area contributed by atoms with Crippen LogP contribution in [0, 0.1) is 0 Å². The largest absolute Gasteiger partial charge is 0.416 e. The van der Waals surface area contributed by atoms with Gasteiger partial charge in [0.05, 0.1) is 5.56 Å². The van der Waals surface area contributed by atoms with Crippen molar-refractivity contribution in [1.29, 1.82) is 0 Å². The molecule has 0 fully saturated rings. The van der Waals surface area contributed by atoms with Gasteiger partial charge in [-0.15, -0.1) is 0 Å². The maximum absolute atomic E-state index is 12.7. The van der Waals surface area contributed by atoms with Crippen LogP contribution in [-0.4, -0.2) is 0 Å². The smallest absolute Gasteiger partial charge is 0.166 e. The first-order valence-electron chi connectivity index (χ1n) is 5.10. The fraction of sp³-hybridized carbons (Fsp3) is 0.0769. The van der Waals surface area contributed by atoms with Gasteiger partial charge >= 0.3 is 6.18 Å². The molecule has 0 N–H and O–H groups in total. The summed E-state index contributed by atoms with van der Waals surface area (Å²) in [5.74, 6) is 0. The Morgan fingerprint density at radius 2 is 1.05 bits per heavy atom. The van der Waals surface area contributed by atoms with Gasteiger partial charge in [0.2, 0.25) is 0 Å². The predicted octanol–water partition coefficient (Wildman–Crippen LogP) is 6.33. The zero-order chi connectivity index (χ0) is 14.2. The molecule has 0 bridgehead atoms. The van der Waals surface area contributed by atoms with E-state index in [0.29, 0.717) is 21.2 Å². The molecule has 0 aromatic heterocycles. The molecule has 0 aliphatic rings. The van der Waals surface area contributed by atoms with Crippen LogP contribution in [0.1, 0.15) is 5.56 Å². The fourth-order valence-electron chi connectivity index (χ4n) is 1.64. The van der Waals surface area contributed by atoms with E-state index in [4.69, 9.17) is 34.8 Å². The number of hydrogen-bond donors (Lipinski definition) is 0. The summed E-state index contributed by atoms with van der Waals surface area (Å²) in [5, 5.41) is 0.688. The van der Waals surface area contributed by atoms with Gasteiger partial charge in [-0.25, -0.2) is 0 Å². The highest BCUT2D eigenvalue weighted by Crippen LogP contribution is 2.36. The zero-order valence-electron chi connectivity index (χ0n) is 9.23. The lowest BCUT2D eigenvalue weighted by Crippen LogP contribution is -2.04. The second-order valence-corrected chi connectivity index (χ2v) is 5.19. The Balaban J connectivity index is 2.59. The van der Waals surface area contributed by atoms with Crippen LogP contribution in [0.5, 0.6) is 0 Å². The highest BCUT2D eigenvalue weighted by Gasteiger charge is 2.31. The number of rotatable bonds is 1. The van der Waals surface area contributed by atoms with Gasteiger partial charge in [-0.3, -0.25) is 0 Å². The van der Waals surface area contributed by atoms with E-state index >= 15 is 0 Å². The Morgan fingerprint density at radius 3 is 1.53 bits per heavy atom. The Hall–Kier alpha value is -0.900. The van der Waals surface area contributed by atoms with Crippen LogP contribution in [0.4, 0.5) is 13.2 Å². The first-order chi connectivity index (χ1) is 8.75. The highest BCUT2D eigenvalue weighted by atomic mass is 35.5. The first-order valence-corrected chi connectivity index (χ1v) is 6.23. The maximum atomic E-state index is 12.7. The van der Waals surface area contributed by atoms with E-state index in [2.05, 4.69) is 0 Å². The molecule has 100 valence electrons. The molecule has 0 nitrogen and oxygen atoms in total. The highest BCUT2D eigenvalue weighted by molar-refractivity contribution is 6.35. The lowest BCUT2D eigenvalue weighted by Gasteiger charge is -2.10. The molecular weight excluding hydrogens is 319 g/mol. The normalized spacial score (nSPS) is 11.7. The standard InChI is InChI=1S/C13H6Cl3F3/c14-10-2-7(1-9(5-10)13(17,18)19)8-3-11(15)6-12(16)4-8/h1-6H. The van der Waals surface area contributed by atoms with Gasteiger partial charge in [-0.05, 0) is 47.5 Å². The van der Waals surface area contributed by atoms with Crippen molar-refractivity contribution in [3.63, 3.8) is 0 Å². The summed E-state index contributed by atoms with van der Waals surface area (Å²) < 4.78 is 38.1. The molecule has 2 aromatic carbocycles. The molecule has 2 aromatic rings. The van der Waals surface area contributed by atoms with Crippen molar-refractivity contribution in [2.24, 2.45) is 0 Å². The third-order valence-corrected chi connectivity index (χ3v) is 3.08. The minimum absolute atomic E-state index is 0.000855. The van der Waals surface area contributed by atoms with Gasteiger partial charge in [0, 0.05) is 15.1 Å². The zero-order valence-corrected chi connectivity index (χ0v) is 11.5. The summed E-state index contributed by atoms with van der Waals surface area (Å²) in [6.45, 7) is 0. The molecule has 0 atom stereocenters. The monoisotopic (exact) mass is 324 g/mol. The SMILES string of the molecule is FC(F)(F)c1cc(Cl)cc(-c2cc(Cl)cc(Cl)c2)c1. The number of alkyl halides is 3. The fourth-order valence-corrected chi connectivity index (χ4v) is 2.40. The summed E-state index contributed by atoms with van der Waals surface area (Å²) >= 11 is 17.4. The molecule has 0 heterocycles. The minimum Gasteiger partial charge on any atom is -0.166 e. The van der Waals surface area contributed by atoms with Crippen LogP contribution in [0.2, 0.25) is 15.1 Å². The van der Waals surface area contributed by atoms with Gasteiger partial charge in [-0.1, -0.05) is 34.8 Å². The molecule has 0 saturated heterocycles. The Morgan fingerprint density at radius 1 is 0.632 bits per heavy atom. The second-order valence-electron chi connectivity index (χ2n) is 3.88. The van der Waals surface area contributed by atoms with E-state index in [1.54, 1.807) is 0 Å². The Kier molecular flexibility index (Phi) is 4.00. The lowest BCUT2D eigenvalue weighted by molar-refractivity contribution is -0.137. The predicted molar refractivity (Wildman–Crippen MR) is 71.9 cm³/mol. The van der Waals surface area contributed by atoms with Crippen molar-refractivity contribution in [3.8, 4) is 11.1 Å². The topological polar surface area (TPSA) is 0 Å². The summed E-state index contributed by atoms with van der Waals surface area (Å²) in [6, 6.07) is 7.87. The first kappa shape index (κ1) is 14.5. The molecule has 0 unspecified atom stereocenters. The van der Waals surface area contributed by atoms with Crippen LogP contribution in [0.25, 0.3) is 11.1 Å². The van der Waals surface area contributed by atoms with Gasteiger partial charge in [0.25, 0.3) is 0 Å². The Bertz CT molecular complexity index is 601. The third kappa shape index (κ3) is 3.56. The van der Waals surface area contributed by atoms with Gasteiger partial charge in [0.1, 0.15) is 0 Å². The maximum Gasteiger partial charge on any atom is 0.416 e. The summed E-state index contributed by atoms with van der Waals surface area (Å²) in [7, 11) is 0. The van der Waals surface area contributed by atoms with Crippen molar-refractivity contribution in [3.05, 3.63) is 57.0 Å². The van der Waals surface area contributed by atoms with Crippen LogP contribution in [0.3, 0.4) is 0 Å². The molecule has 0 amide bonds. The van der Waals surface area contributed by atoms with E-state index in [0.717, 1.165) is 12.1 Å². The summed E-state index contributed by atoms with van der Waals surface area (Å²) in [5.41, 5.74) is -0.0270. The molecular formula is C13H6Cl3F3. The molecule has 0 aliphatic carbocycles. The second kappa shape index (κ2) is 5.23. The molecule has 0 saturated carbocycles. The minimum atomic E-state index is -4.46. The van der Waals surface area contributed by atoms with Crippen LogP contribution in [-0.2, 0) is 6.18 Å². The average molecular weight is 326 g/mol. The van der Waals surface area contributed by atoms with Gasteiger partial charge < -0.3 is 0 Å². The molecule has 6 heteroatoms. The summed E-state index contributed by atoms with van der Waals surface area (Å²) in [6.07, 6.45) is -4.46. The van der Waals surface area contributed by atoms with Crippen molar-refractivity contribution >= 4 is 34.8 Å². The average Bonchev–Trinajstić information content (AvgIpc) is 2.25. The van der Waals surface area contributed by atoms with E-state index in [1.165, 1.54) is 24.3 Å². The summed E-state index contributed by atoms with van der Waals surface area (Å²) in [4.78, 5) is 0. The molecule has 0 spiro atoms. The number of hydrogen-bond acceptors (Lipinski definition) is 0. The van der Waals surface area contributed by atoms with E-state index in [-0.39, 0.29) is 5.02 Å². The van der Waals surface area contributed by atoms with Crippen molar-refractivity contribution < 1.29 is 13.2 Å². The van der Waals surface area contributed by atoms with Crippen LogP contribution >= 0.6 is 34.8 Å². The lowest BCUT2D eigenvalue weighted by atomic mass is 10.0. The van der Waals surface area contributed by atoms with Crippen molar-refractivity contribution in [2.45, 2.75) is 6.18 Å². The van der Waals surface area contributed by atoms with E-state index in [1.807, 2.05) is 0 Å². The third-order valence-electron chi connectivity index (χ3n) is 2.42. The van der Waals surface area contributed by atoms with Crippen LogP contribution in [0.15, 0.2) is 36.4 Å². The molecule has 19 heavy (non-hydrogen) atoms. The van der Waals surface area contributed by atoms with Crippen LogP contribution < -0.4 is 0 Å². The van der Waals surface area contributed by atoms with Gasteiger partial charge in [0.15, 0.2) is 0 Å². The quantitative estimate of drug-likeness (QED) is 0.574. The molecule has 0 radical (unpaired) electrons. The van der Waals surface area contributed by atoms with E-state index < -0.39 is 11.7 Å². The molecule has 2 rings (SSSR count). The Labute approximate surface area is 122 Å². The van der Waals surface area contributed by atoms with E-state index in [9.17, 15) is 13.2 Å². The number of benzene rings is 2. The van der Waals surface area contributed by atoms with Gasteiger partial charge in [-0.2, -0.15) is 13.2 Å². The molecule has 0 aliphatic heterocycles. The number of halogens is 6. The van der Waals surface area contributed by atoms with Crippen molar-refractivity contribution in [1.82, 2.24) is 0 Å². The van der Waals surface area contributed by atoms with Crippen molar-refractivity contribution in [2.75, 3.05) is 0 Å².